The van der Waals surface area contributed by atoms with Crippen LogP contribution >= 0.6 is 11.6 Å². The van der Waals surface area contributed by atoms with Gasteiger partial charge in [-0.05, 0) is 29.8 Å². The molecule has 1 amide bonds. The predicted molar refractivity (Wildman–Crippen MR) is 89.4 cm³/mol. The van der Waals surface area contributed by atoms with E-state index >= 15 is 0 Å². The quantitative estimate of drug-likeness (QED) is 0.790. The van der Waals surface area contributed by atoms with Crippen LogP contribution in [-0.2, 0) is 6.54 Å². The Balaban J connectivity index is 1.84. The van der Waals surface area contributed by atoms with Gasteiger partial charge < -0.3 is 10.0 Å². The van der Waals surface area contributed by atoms with Crippen LogP contribution in [0.5, 0.6) is 0 Å². The molecule has 2 heterocycles. The molecule has 0 spiro atoms. The third-order valence-electron chi connectivity index (χ3n) is 3.66. The number of carbonyl (C=O) groups is 2. The number of rotatable bonds is 4. The van der Waals surface area contributed by atoms with E-state index in [2.05, 4.69) is 4.98 Å². The standard InChI is InChI=1S/C17H14ClN3O3/c1-20(10-11-5-7-12(8-6-11)17(23)24)16(22)14-15(18)19-13-4-2-3-9-21(13)14/h2-9H,10H2,1H3,(H,23,24). The summed E-state index contributed by atoms with van der Waals surface area (Å²) in [5.74, 6) is -1.25. The van der Waals surface area contributed by atoms with Crippen LogP contribution in [0, 0.1) is 0 Å². The maximum Gasteiger partial charge on any atom is 0.335 e. The summed E-state index contributed by atoms with van der Waals surface area (Å²) in [6, 6.07) is 11.8. The Morgan fingerprint density at radius 1 is 1.21 bits per heavy atom. The predicted octanol–water partition coefficient (Wildman–Crippen LogP) is 2.96. The fourth-order valence-corrected chi connectivity index (χ4v) is 2.70. The van der Waals surface area contributed by atoms with Gasteiger partial charge in [0, 0.05) is 19.8 Å². The van der Waals surface area contributed by atoms with Gasteiger partial charge in [-0.1, -0.05) is 29.8 Å². The molecular formula is C17H14ClN3O3. The molecule has 0 aliphatic rings. The second-order valence-corrected chi connectivity index (χ2v) is 5.70. The Morgan fingerprint density at radius 2 is 1.92 bits per heavy atom. The van der Waals surface area contributed by atoms with Gasteiger partial charge in [-0.3, -0.25) is 9.20 Å². The van der Waals surface area contributed by atoms with Gasteiger partial charge in [-0.25, -0.2) is 9.78 Å². The molecule has 3 aromatic rings. The van der Waals surface area contributed by atoms with Crippen molar-refractivity contribution in [1.29, 1.82) is 0 Å². The van der Waals surface area contributed by atoms with Crippen molar-refractivity contribution < 1.29 is 14.7 Å². The lowest BCUT2D eigenvalue weighted by molar-refractivity contribution is 0.0695. The highest BCUT2D eigenvalue weighted by Gasteiger charge is 2.21. The molecule has 1 aromatic carbocycles. The number of hydrogen-bond donors (Lipinski definition) is 1. The lowest BCUT2D eigenvalue weighted by atomic mass is 10.1. The van der Waals surface area contributed by atoms with E-state index in [4.69, 9.17) is 16.7 Å². The molecule has 0 bridgehead atoms. The molecule has 3 rings (SSSR count). The lowest BCUT2D eigenvalue weighted by Gasteiger charge is -2.17. The van der Waals surface area contributed by atoms with E-state index in [1.165, 1.54) is 17.0 Å². The van der Waals surface area contributed by atoms with E-state index in [0.29, 0.717) is 17.9 Å². The summed E-state index contributed by atoms with van der Waals surface area (Å²) in [6.45, 7) is 0.329. The van der Waals surface area contributed by atoms with Crippen LogP contribution in [0.2, 0.25) is 5.15 Å². The van der Waals surface area contributed by atoms with E-state index in [1.54, 1.807) is 41.9 Å². The van der Waals surface area contributed by atoms with E-state index in [-0.39, 0.29) is 16.6 Å². The van der Waals surface area contributed by atoms with E-state index < -0.39 is 5.97 Å². The molecule has 0 atom stereocenters. The summed E-state index contributed by atoms with van der Waals surface area (Å²) in [5, 5.41) is 9.07. The number of carboxylic acids is 1. The third kappa shape index (κ3) is 2.96. The highest BCUT2D eigenvalue weighted by atomic mass is 35.5. The van der Waals surface area contributed by atoms with Crippen molar-refractivity contribution in [3.63, 3.8) is 0 Å². The molecular weight excluding hydrogens is 330 g/mol. The average Bonchev–Trinajstić information content (AvgIpc) is 2.90. The number of carboxylic acid groups (broad SMARTS) is 1. The van der Waals surface area contributed by atoms with Crippen molar-refractivity contribution in [2.75, 3.05) is 7.05 Å². The molecule has 0 aliphatic carbocycles. The minimum absolute atomic E-state index is 0.152. The molecule has 0 saturated heterocycles. The number of halogens is 1. The summed E-state index contributed by atoms with van der Waals surface area (Å²) in [6.07, 6.45) is 1.73. The van der Waals surface area contributed by atoms with Crippen LogP contribution in [0.15, 0.2) is 48.7 Å². The first kappa shape index (κ1) is 16.0. The summed E-state index contributed by atoms with van der Waals surface area (Å²) >= 11 is 6.12. The maximum absolute atomic E-state index is 12.7. The van der Waals surface area contributed by atoms with Gasteiger partial charge in [0.05, 0.1) is 5.56 Å². The number of nitrogens with zero attached hydrogens (tertiary/aromatic N) is 3. The number of carbonyl (C=O) groups excluding carboxylic acids is 1. The largest absolute Gasteiger partial charge is 0.478 e. The Morgan fingerprint density at radius 3 is 2.58 bits per heavy atom. The van der Waals surface area contributed by atoms with Crippen molar-refractivity contribution in [3.8, 4) is 0 Å². The van der Waals surface area contributed by atoms with Crippen LogP contribution in [0.3, 0.4) is 0 Å². The first-order valence-corrected chi connectivity index (χ1v) is 7.55. The molecule has 7 heteroatoms. The number of amides is 1. The Hall–Kier alpha value is -2.86. The number of aromatic carboxylic acids is 1. The van der Waals surface area contributed by atoms with Gasteiger partial charge in [0.2, 0.25) is 0 Å². The Kier molecular flexibility index (Phi) is 4.22. The smallest absolute Gasteiger partial charge is 0.335 e. The fraction of sp³-hybridized carbons (Fsp3) is 0.118. The SMILES string of the molecule is CN(Cc1ccc(C(=O)O)cc1)C(=O)c1c(Cl)nc2ccccn12. The summed E-state index contributed by atoms with van der Waals surface area (Å²) < 4.78 is 1.65. The van der Waals surface area contributed by atoms with Crippen LogP contribution in [0.4, 0.5) is 0 Å². The maximum atomic E-state index is 12.7. The average molecular weight is 344 g/mol. The van der Waals surface area contributed by atoms with Gasteiger partial charge in [-0.15, -0.1) is 0 Å². The normalized spacial score (nSPS) is 10.8. The van der Waals surface area contributed by atoms with Crippen molar-refractivity contribution >= 4 is 29.1 Å². The molecule has 0 saturated carbocycles. The number of benzene rings is 1. The van der Waals surface area contributed by atoms with E-state index in [9.17, 15) is 9.59 Å². The Labute approximate surface area is 142 Å². The van der Waals surface area contributed by atoms with Crippen molar-refractivity contribution in [2.45, 2.75) is 6.54 Å². The van der Waals surface area contributed by atoms with Gasteiger partial charge in [0.1, 0.15) is 5.65 Å². The first-order valence-electron chi connectivity index (χ1n) is 7.17. The van der Waals surface area contributed by atoms with Crippen LogP contribution < -0.4 is 0 Å². The number of fused-ring (bicyclic) bond motifs is 1. The molecule has 24 heavy (non-hydrogen) atoms. The molecule has 2 aromatic heterocycles. The third-order valence-corrected chi connectivity index (χ3v) is 3.92. The second-order valence-electron chi connectivity index (χ2n) is 5.34. The summed E-state index contributed by atoms with van der Waals surface area (Å²) in [4.78, 5) is 29.3. The highest BCUT2D eigenvalue weighted by molar-refractivity contribution is 6.32. The van der Waals surface area contributed by atoms with Gasteiger partial charge >= 0.3 is 5.97 Å². The van der Waals surface area contributed by atoms with E-state index in [0.717, 1.165) is 5.56 Å². The minimum atomic E-state index is -0.983. The summed E-state index contributed by atoms with van der Waals surface area (Å²) in [7, 11) is 1.66. The van der Waals surface area contributed by atoms with Crippen molar-refractivity contribution in [3.05, 3.63) is 70.6 Å². The van der Waals surface area contributed by atoms with Gasteiger partial charge in [0.25, 0.3) is 5.91 Å². The van der Waals surface area contributed by atoms with Crippen LogP contribution in [0.1, 0.15) is 26.4 Å². The number of aromatic nitrogens is 2. The molecule has 1 N–H and O–H groups in total. The molecule has 0 radical (unpaired) electrons. The monoisotopic (exact) mass is 343 g/mol. The van der Waals surface area contributed by atoms with Crippen molar-refractivity contribution in [1.82, 2.24) is 14.3 Å². The van der Waals surface area contributed by atoms with E-state index in [1.807, 2.05) is 6.07 Å². The minimum Gasteiger partial charge on any atom is -0.478 e. The molecule has 0 fully saturated rings. The fourth-order valence-electron chi connectivity index (χ4n) is 2.44. The van der Waals surface area contributed by atoms with Crippen molar-refractivity contribution in [2.24, 2.45) is 0 Å². The molecule has 0 aliphatic heterocycles. The van der Waals surface area contributed by atoms with Gasteiger partial charge in [0.15, 0.2) is 10.8 Å². The zero-order valence-electron chi connectivity index (χ0n) is 12.8. The number of imidazole rings is 1. The molecule has 0 unspecified atom stereocenters. The lowest BCUT2D eigenvalue weighted by Crippen LogP contribution is -2.27. The zero-order chi connectivity index (χ0) is 17.3. The first-order chi connectivity index (χ1) is 11.5. The topological polar surface area (TPSA) is 74.9 Å². The zero-order valence-corrected chi connectivity index (χ0v) is 13.6. The van der Waals surface area contributed by atoms with Gasteiger partial charge in [-0.2, -0.15) is 0 Å². The van der Waals surface area contributed by atoms with Crippen LogP contribution in [0.25, 0.3) is 5.65 Å². The Bertz CT molecular complexity index is 918. The highest BCUT2D eigenvalue weighted by Crippen LogP contribution is 2.20. The number of hydrogen-bond acceptors (Lipinski definition) is 3. The molecule has 122 valence electrons. The summed E-state index contributed by atoms with van der Waals surface area (Å²) in [5.41, 5.74) is 1.93. The van der Waals surface area contributed by atoms with Crippen LogP contribution in [-0.4, -0.2) is 38.3 Å². The second kappa shape index (κ2) is 6.33. The number of pyridine rings is 1. The molecule has 6 nitrogen and oxygen atoms in total.